The molecule has 1 amide bonds. The number of amides is 1. The Balaban J connectivity index is 2.78. The molecule has 10 nitrogen and oxygen atoms in total. The van der Waals surface area contributed by atoms with Crippen molar-refractivity contribution in [2.24, 2.45) is 5.73 Å². The van der Waals surface area contributed by atoms with E-state index in [0.29, 0.717) is 11.3 Å². The maximum atomic E-state index is 12.1. The molecule has 0 aliphatic heterocycles. The Labute approximate surface area is 161 Å². The molecule has 0 aliphatic rings. The van der Waals surface area contributed by atoms with Gasteiger partial charge in [0.25, 0.3) is 0 Å². The number of rotatable bonds is 10. The molecule has 1 aromatic carbocycles. The Kier molecular flexibility index (Phi) is 8.51. The second kappa shape index (κ2) is 10.1. The number of carbonyl (C=O) groups is 3. The summed E-state index contributed by atoms with van der Waals surface area (Å²) in [6.45, 7) is 1.94. The third-order valence-electron chi connectivity index (χ3n) is 4.25. The third-order valence-corrected chi connectivity index (χ3v) is 4.25. The highest BCUT2D eigenvalue weighted by Gasteiger charge is 2.47. The lowest BCUT2D eigenvalue weighted by Gasteiger charge is -2.31. The first-order valence-corrected chi connectivity index (χ1v) is 8.62. The zero-order valence-corrected chi connectivity index (χ0v) is 15.7. The maximum absolute atomic E-state index is 12.1. The fourth-order valence-corrected chi connectivity index (χ4v) is 2.34. The first kappa shape index (κ1) is 23.5. The maximum Gasteiger partial charge on any atom is 0.343 e. The molecule has 1 rings (SSSR count). The van der Waals surface area contributed by atoms with Crippen molar-refractivity contribution in [3.05, 3.63) is 29.8 Å². The average molecular weight is 398 g/mol. The summed E-state index contributed by atoms with van der Waals surface area (Å²) in [7, 11) is 0. The van der Waals surface area contributed by atoms with Crippen LogP contribution < -0.4 is 11.1 Å². The molecule has 28 heavy (non-hydrogen) atoms. The number of hydrogen-bond acceptors (Lipinski definition) is 8. The van der Waals surface area contributed by atoms with Gasteiger partial charge in [-0.3, -0.25) is 9.59 Å². The van der Waals surface area contributed by atoms with E-state index in [1.165, 1.54) is 0 Å². The van der Waals surface area contributed by atoms with Gasteiger partial charge in [-0.05, 0) is 26.3 Å². The van der Waals surface area contributed by atoms with Crippen LogP contribution in [0.4, 0.5) is 5.69 Å². The molecule has 1 aromatic rings. The summed E-state index contributed by atoms with van der Waals surface area (Å²) >= 11 is 0. The van der Waals surface area contributed by atoms with Gasteiger partial charge >= 0.3 is 11.9 Å². The average Bonchev–Trinajstić information content (AvgIpc) is 2.63. The number of aliphatic hydroxyl groups is 3. The van der Waals surface area contributed by atoms with E-state index in [2.05, 4.69) is 5.32 Å². The smallest absolute Gasteiger partial charge is 0.343 e. The van der Waals surface area contributed by atoms with Gasteiger partial charge < -0.3 is 36.2 Å². The molecule has 0 aromatic heterocycles. The summed E-state index contributed by atoms with van der Waals surface area (Å²) in [4.78, 5) is 34.8. The fraction of sp³-hybridized carbons (Fsp3) is 0.500. The molecule has 156 valence electrons. The summed E-state index contributed by atoms with van der Waals surface area (Å²) in [6.07, 6.45) is -3.32. The van der Waals surface area contributed by atoms with E-state index in [1.54, 1.807) is 24.3 Å². The lowest BCUT2D eigenvalue weighted by molar-refractivity contribution is -0.194. The Morgan fingerprint density at radius 3 is 2.29 bits per heavy atom. The highest BCUT2D eigenvalue weighted by Crippen LogP contribution is 2.21. The lowest BCUT2D eigenvalue weighted by atomic mass is 9.92. The number of nitrogens with one attached hydrogen (secondary N) is 1. The third kappa shape index (κ3) is 5.99. The van der Waals surface area contributed by atoms with Crippen LogP contribution in [0, 0.1) is 0 Å². The summed E-state index contributed by atoms with van der Waals surface area (Å²) in [5, 5.41) is 40.7. The molecule has 3 unspecified atom stereocenters. The normalized spacial score (nSPS) is 16.4. The lowest BCUT2D eigenvalue weighted by Crippen LogP contribution is -2.56. The predicted molar refractivity (Wildman–Crippen MR) is 98.0 cm³/mol. The number of hydrogen-bond donors (Lipinski definition) is 6. The van der Waals surface area contributed by atoms with Gasteiger partial charge in [0.05, 0.1) is 12.2 Å². The zero-order valence-electron chi connectivity index (χ0n) is 15.7. The number of anilines is 1. The molecule has 0 saturated carbocycles. The second-order valence-electron chi connectivity index (χ2n) is 6.44. The van der Waals surface area contributed by atoms with Crippen LogP contribution in [0.2, 0.25) is 0 Å². The Morgan fingerprint density at radius 2 is 1.75 bits per heavy atom. The minimum atomic E-state index is -2.49. The number of benzene rings is 1. The van der Waals surface area contributed by atoms with Crippen LogP contribution in [0.25, 0.3) is 0 Å². The number of carboxylic acids is 1. The summed E-state index contributed by atoms with van der Waals surface area (Å²) in [5.41, 5.74) is 3.58. The summed E-state index contributed by atoms with van der Waals surface area (Å²) in [5.74, 6) is -2.89. The standard InChI is InChI=1S/C18H26N2O8/c1-10(21)18(27,11(2)22)17(26)28-9-12-5-3-4-6-14(12)20-15(23)8-7-13(19)16(24)25/h3-6,10-11,13,21-22,27H,7-9,19H2,1-2H3,(H,20,23)(H,24,25). The Morgan fingerprint density at radius 1 is 1.18 bits per heavy atom. The highest BCUT2D eigenvalue weighted by molar-refractivity contribution is 5.92. The summed E-state index contributed by atoms with van der Waals surface area (Å²) in [6, 6.07) is 5.23. The van der Waals surface area contributed by atoms with Crippen LogP contribution in [0.5, 0.6) is 0 Å². The van der Waals surface area contributed by atoms with Crippen LogP contribution in [0.1, 0.15) is 32.3 Å². The first-order valence-electron chi connectivity index (χ1n) is 8.62. The molecule has 0 heterocycles. The van der Waals surface area contributed by atoms with E-state index in [0.717, 1.165) is 13.8 Å². The van der Waals surface area contributed by atoms with E-state index >= 15 is 0 Å². The minimum Gasteiger partial charge on any atom is -0.480 e. The van der Waals surface area contributed by atoms with Gasteiger partial charge in [-0.15, -0.1) is 0 Å². The van der Waals surface area contributed by atoms with Crippen LogP contribution in [-0.2, 0) is 25.7 Å². The van der Waals surface area contributed by atoms with Crippen molar-refractivity contribution in [3.8, 4) is 0 Å². The summed E-state index contributed by atoms with van der Waals surface area (Å²) < 4.78 is 5.01. The molecular weight excluding hydrogens is 372 g/mol. The number of aliphatic hydroxyl groups excluding tert-OH is 2. The number of esters is 1. The van der Waals surface area contributed by atoms with Crippen molar-refractivity contribution < 1.29 is 39.5 Å². The van der Waals surface area contributed by atoms with Crippen molar-refractivity contribution in [2.45, 2.75) is 57.1 Å². The molecule has 10 heteroatoms. The van der Waals surface area contributed by atoms with Crippen molar-refractivity contribution in [3.63, 3.8) is 0 Å². The number of nitrogens with two attached hydrogens (primary N) is 1. The first-order chi connectivity index (χ1) is 13.0. The Hall–Kier alpha value is -2.53. The molecule has 0 spiro atoms. The van der Waals surface area contributed by atoms with Crippen molar-refractivity contribution in [2.75, 3.05) is 5.32 Å². The second-order valence-corrected chi connectivity index (χ2v) is 6.44. The quantitative estimate of drug-likeness (QED) is 0.279. The van der Waals surface area contributed by atoms with Gasteiger partial charge in [-0.1, -0.05) is 18.2 Å². The Bertz CT molecular complexity index is 697. The van der Waals surface area contributed by atoms with Crippen LogP contribution in [0.3, 0.4) is 0 Å². The van der Waals surface area contributed by atoms with Crippen molar-refractivity contribution in [1.82, 2.24) is 0 Å². The molecular formula is C18H26N2O8. The molecule has 7 N–H and O–H groups in total. The van der Waals surface area contributed by atoms with Gasteiger partial charge in [0, 0.05) is 17.7 Å². The minimum absolute atomic E-state index is 0.0475. The number of ether oxygens (including phenoxy) is 1. The van der Waals surface area contributed by atoms with Gasteiger partial charge in [0.2, 0.25) is 11.5 Å². The van der Waals surface area contributed by atoms with E-state index in [-0.39, 0.29) is 19.4 Å². The van der Waals surface area contributed by atoms with Gasteiger partial charge in [0.15, 0.2) is 0 Å². The number of aliphatic carboxylic acids is 1. The largest absolute Gasteiger partial charge is 0.480 e. The van der Waals surface area contributed by atoms with Crippen LogP contribution in [-0.4, -0.2) is 62.1 Å². The van der Waals surface area contributed by atoms with E-state index in [1.807, 2.05) is 0 Å². The molecule has 3 atom stereocenters. The van der Waals surface area contributed by atoms with Gasteiger partial charge in [-0.25, -0.2) is 4.79 Å². The number of para-hydroxylation sites is 1. The predicted octanol–water partition coefficient (Wildman–Crippen LogP) is -0.647. The molecule has 0 aliphatic carbocycles. The van der Waals surface area contributed by atoms with Gasteiger partial charge in [0.1, 0.15) is 12.6 Å². The molecule has 0 saturated heterocycles. The molecule has 0 fully saturated rings. The monoisotopic (exact) mass is 398 g/mol. The van der Waals surface area contributed by atoms with Crippen LogP contribution in [0.15, 0.2) is 24.3 Å². The topological polar surface area (TPSA) is 179 Å². The highest BCUT2D eigenvalue weighted by atomic mass is 16.6. The van der Waals surface area contributed by atoms with E-state index in [4.69, 9.17) is 15.6 Å². The number of carbonyl (C=O) groups excluding carboxylic acids is 2. The van der Waals surface area contributed by atoms with E-state index < -0.39 is 41.7 Å². The van der Waals surface area contributed by atoms with Crippen LogP contribution >= 0.6 is 0 Å². The number of carboxylic acid groups (broad SMARTS) is 1. The van der Waals surface area contributed by atoms with Crippen molar-refractivity contribution >= 4 is 23.5 Å². The zero-order chi connectivity index (χ0) is 21.5. The molecule has 0 radical (unpaired) electrons. The van der Waals surface area contributed by atoms with Crippen molar-refractivity contribution in [1.29, 1.82) is 0 Å². The van der Waals surface area contributed by atoms with E-state index in [9.17, 15) is 29.7 Å². The fourth-order valence-electron chi connectivity index (χ4n) is 2.34. The molecule has 0 bridgehead atoms. The van der Waals surface area contributed by atoms with Gasteiger partial charge in [-0.2, -0.15) is 0 Å². The SMILES string of the molecule is CC(O)C(O)(C(=O)OCc1ccccc1NC(=O)CCC(N)C(=O)O)C(C)O.